The SMILES string of the molecule is Cc1nc(N2CCOCC2)sc1C(=O)NNC(=O)c1cnn(C)c1. The molecule has 3 heterocycles. The zero-order valence-corrected chi connectivity index (χ0v) is 14.2. The molecule has 1 aliphatic rings. The van der Waals surface area contributed by atoms with Crippen molar-refractivity contribution in [2.45, 2.75) is 6.92 Å². The van der Waals surface area contributed by atoms with Gasteiger partial charge in [0.25, 0.3) is 11.8 Å². The van der Waals surface area contributed by atoms with E-state index < -0.39 is 5.91 Å². The molecule has 1 saturated heterocycles. The number of hydrogen-bond acceptors (Lipinski definition) is 7. The number of ether oxygens (including phenoxy) is 1. The highest BCUT2D eigenvalue weighted by atomic mass is 32.1. The summed E-state index contributed by atoms with van der Waals surface area (Å²) in [6.45, 7) is 4.60. The van der Waals surface area contributed by atoms with Crippen LogP contribution in [-0.2, 0) is 11.8 Å². The average Bonchev–Trinajstić information content (AvgIpc) is 3.19. The fraction of sp³-hybridized carbons (Fsp3) is 0.429. The summed E-state index contributed by atoms with van der Waals surface area (Å²) in [5.74, 6) is -0.811. The summed E-state index contributed by atoms with van der Waals surface area (Å²) < 4.78 is 6.83. The number of hydrogen-bond donors (Lipinski definition) is 2. The summed E-state index contributed by atoms with van der Waals surface area (Å²) in [5.41, 5.74) is 5.80. The van der Waals surface area contributed by atoms with E-state index in [0.29, 0.717) is 29.3 Å². The minimum absolute atomic E-state index is 0.368. The van der Waals surface area contributed by atoms with Crippen LogP contribution in [0.4, 0.5) is 5.13 Å². The monoisotopic (exact) mass is 350 g/mol. The van der Waals surface area contributed by atoms with Gasteiger partial charge in [-0.2, -0.15) is 5.10 Å². The number of amides is 2. The van der Waals surface area contributed by atoms with Crippen LogP contribution in [0.15, 0.2) is 12.4 Å². The van der Waals surface area contributed by atoms with Crippen molar-refractivity contribution in [3.8, 4) is 0 Å². The maximum absolute atomic E-state index is 12.3. The number of hydrazine groups is 1. The molecule has 0 aromatic carbocycles. The highest BCUT2D eigenvalue weighted by Crippen LogP contribution is 2.26. The average molecular weight is 350 g/mol. The van der Waals surface area contributed by atoms with Crippen LogP contribution in [0.5, 0.6) is 0 Å². The number of nitrogens with one attached hydrogen (secondary N) is 2. The molecule has 24 heavy (non-hydrogen) atoms. The van der Waals surface area contributed by atoms with Gasteiger partial charge in [0.05, 0.1) is 30.7 Å². The Hall–Kier alpha value is -2.46. The number of morpholine rings is 1. The Morgan fingerprint density at radius 3 is 2.62 bits per heavy atom. The Kier molecular flexibility index (Phi) is 4.76. The van der Waals surface area contributed by atoms with Gasteiger partial charge in [-0.05, 0) is 6.92 Å². The highest BCUT2D eigenvalue weighted by molar-refractivity contribution is 7.17. The van der Waals surface area contributed by atoms with Gasteiger partial charge in [-0.1, -0.05) is 11.3 Å². The molecule has 2 aromatic rings. The summed E-state index contributed by atoms with van der Waals surface area (Å²) in [7, 11) is 1.71. The first-order valence-electron chi connectivity index (χ1n) is 7.44. The summed E-state index contributed by atoms with van der Waals surface area (Å²) >= 11 is 1.31. The van der Waals surface area contributed by atoms with Crippen molar-refractivity contribution in [2.75, 3.05) is 31.2 Å². The molecule has 2 aromatic heterocycles. The van der Waals surface area contributed by atoms with Gasteiger partial charge < -0.3 is 9.64 Å². The van der Waals surface area contributed by atoms with Gasteiger partial charge in [-0.3, -0.25) is 25.1 Å². The highest BCUT2D eigenvalue weighted by Gasteiger charge is 2.21. The third-order valence-electron chi connectivity index (χ3n) is 3.53. The van der Waals surface area contributed by atoms with Crippen LogP contribution in [0.25, 0.3) is 0 Å². The summed E-state index contributed by atoms with van der Waals surface area (Å²) in [6.07, 6.45) is 2.99. The summed E-state index contributed by atoms with van der Waals surface area (Å²) in [6, 6.07) is 0. The van der Waals surface area contributed by atoms with Crippen LogP contribution >= 0.6 is 11.3 Å². The lowest BCUT2D eigenvalue weighted by Crippen LogP contribution is -2.41. The molecule has 0 spiro atoms. The maximum atomic E-state index is 12.3. The molecule has 0 radical (unpaired) electrons. The van der Waals surface area contributed by atoms with E-state index >= 15 is 0 Å². The molecule has 128 valence electrons. The first-order valence-corrected chi connectivity index (χ1v) is 8.25. The van der Waals surface area contributed by atoms with E-state index in [4.69, 9.17) is 4.74 Å². The Balaban J connectivity index is 1.62. The molecule has 2 amide bonds. The second-order valence-corrected chi connectivity index (χ2v) is 6.30. The van der Waals surface area contributed by atoms with Gasteiger partial charge >= 0.3 is 0 Å². The van der Waals surface area contributed by atoms with Crippen LogP contribution in [0.2, 0.25) is 0 Å². The van der Waals surface area contributed by atoms with Gasteiger partial charge in [-0.25, -0.2) is 4.98 Å². The fourth-order valence-corrected chi connectivity index (χ4v) is 3.28. The van der Waals surface area contributed by atoms with E-state index in [1.165, 1.54) is 22.2 Å². The van der Waals surface area contributed by atoms with Gasteiger partial charge in [0.15, 0.2) is 5.13 Å². The van der Waals surface area contributed by atoms with Crippen LogP contribution in [-0.4, -0.2) is 52.9 Å². The third kappa shape index (κ3) is 3.54. The topological polar surface area (TPSA) is 101 Å². The lowest BCUT2D eigenvalue weighted by molar-refractivity contribution is 0.0848. The van der Waals surface area contributed by atoms with Gasteiger partial charge in [-0.15, -0.1) is 0 Å². The van der Waals surface area contributed by atoms with Gasteiger partial charge in [0.2, 0.25) is 0 Å². The largest absolute Gasteiger partial charge is 0.378 e. The summed E-state index contributed by atoms with van der Waals surface area (Å²) in [5, 5.41) is 4.70. The first kappa shape index (κ1) is 16.4. The van der Waals surface area contributed by atoms with Crippen molar-refractivity contribution in [1.29, 1.82) is 0 Å². The normalized spacial score (nSPS) is 14.5. The van der Waals surface area contributed by atoms with Crippen LogP contribution in [0.1, 0.15) is 25.7 Å². The zero-order chi connectivity index (χ0) is 17.1. The zero-order valence-electron chi connectivity index (χ0n) is 13.4. The molecule has 9 nitrogen and oxygen atoms in total. The molecular weight excluding hydrogens is 332 g/mol. The van der Waals surface area contributed by atoms with E-state index in [1.54, 1.807) is 20.2 Å². The van der Waals surface area contributed by atoms with E-state index in [2.05, 4.69) is 25.8 Å². The lowest BCUT2D eigenvalue weighted by Gasteiger charge is -2.25. The lowest BCUT2D eigenvalue weighted by atomic mass is 10.3. The number of nitrogens with zero attached hydrogens (tertiary/aromatic N) is 4. The molecule has 1 fully saturated rings. The molecular formula is C14H18N6O3S. The second-order valence-electron chi connectivity index (χ2n) is 5.32. The minimum Gasteiger partial charge on any atom is -0.378 e. The van der Waals surface area contributed by atoms with Crippen molar-refractivity contribution >= 4 is 28.3 Å². The van der Waals surface area contributed by atoms with Crippen molar-refractivity contribution in [3.63, 3.8) is 0 Å². The van der Waals surface area contributed by atoms with Crippen LogP contribution in [0.3, 0.4) is 0 Å². The number of rotatable bonds is 3. The molecule has 0 saturated carbocycles. The molecule has 1 aliphatic heterocycles. The number of aromatic nitrogens is 3. The standard InChI is InChI=1S/C14H18N6O3S/c1-9-11(24-14(16-9)20-3-5-23-6-4-20)13(22)18-17-12(21)10-7-15-19(2)8-10/h7-8H,3-6H2,1-2H3,(H,17,21)(H,18,22). The van der Waals surface area contributed by atoms with E-state index in [0.717, 1.165) is 18.2 Å². The smallest absolute Gasteiger partial charge is 0.281 e. The molecule has 2 N–H and O–H groups in total. The number of carbonyl (C=O) groups is 2. The van der Waals surface area contributed by atoms with Crippen molar-refractivity contribution in [1.82, 2.24) is 25.6 Å². The van der Waals surface area contributed by atoms with Crippen molar-refractivity contribution in [3.05, 3.63) is 28.5 Å². The fourth-order valence-electron chi connectivity index (χ4n) is 2.26. The third-order valence-corrected chi connectivity index (χ3v) is 4.75. The van der Waals surface area contributed by atoms with E-state index in [1.807, 2.05) is 0 Å². The molecule has 10 heteroatoms. The number of thiazole rings is 1. The van der Waals surface area contributed by atoms with Crippen molar-refractivity contribution in [2.24, 2.45) is 7.05 Å². The molecule has 0 unspecified atom stereocenters. The molecule has 0 atom stereocenters. The van der Waals surface area contributed by atoms with Gasteiger partial charge in [0, 0.05) is 26.3 Å². The van der Waals surface area contributed by atoms with Gasteiger partial charge in [0.1, 0.15) is 4.88 Å². The summed E-state index contributed by atoms with van der Waals surface area (Å²) in [4.78, 5) is 31.2. The van der Waals surface area contributed by atoms with Crippen molar-refractivity contribution < 1.29 is 14.3 Å². The predicted octanol–water partition coefficient (Wildman–Crippen LogP) is 0.0964. The Labute approximate surface area is 142 Å². The quantitative estimate of drug-likeness (QED) is 0.761. The molecule has 0 bridgehead atoms. The maximum Gasteiger partial charge on any atom is 0.281 e. The van der Waals surface area contributed by atoms with E-state index in [-0.39, 0.29) is 5.91 Å². The number of aryl methyl sites for hydroxylation is 2. The van der Waals surface area contributed by atoms with Crippen LogP contribution < -0.4 is 15.8 Å². The Morgan fingerprint density at radius 1 is 1.25 bits per heavy atom. The number of anilines is 1. The Bertz CT molecular complexity index is 750. The predicted molar refractivity (Wildman–Crippen MR) is 88.0 cm³/mol. The van der Waals surface area contributed by atoms with Crippen LogP contribution in [0, 0.1) is 6.92 Å². The molecule has 0 aliphatic carbocycles. The molecule has 3 rings (SSSR count). The minimum atomic E-state index is -0.424. The number of carbonyl (C=O) groups excluding carboxylic acids is 2. The Morgan fingerprint density at radius 2 is 1.96 bits per heavy atom. The second kappa shape index (κ2) is 6.97. The first-order chi connectivity index (χ1) is 11.5. The van der Waals surface area contributed by atoms with E-state index in [9.17, 15) is 9.59 Å².